The van der Waals surface area contributed by atoms with Crippen molar-refractivity contribution in [3.63, 3.8) is 0 Å². The van der Waals surface area contributed by atoms with Crippen molar-refractivity contribution in [2.24, 2.45) is 0 Å². The second kappa shape index (κ2) is 3.01. The Balaban J connectivity index is 0. The van der Waals surface area contributed by atoms with Crippen molar-refractivity contribution in [1.82, 2.24) is 0 Å². The molecule has 0 aliphatic carbocycles. The zero-order chi connectivity index (χ0) is 4.50. The first-order chi connectivity index (χ1) is 2.00. The van der Waals surface area contributed by atoms with Crippen molar-refractivity contribution in [2.75, 3.05) is 0 Å². The van der Waals surface area contributed by atoms with Crippen LogP contribution in [0, 0.1) is 0 Å². The number of hydrogen-bond acceptors (Lipinski definition) is 0. The number of halogens is 4. The van der Waals surface area contributed by atoms with Gasteiger partial charge in [-0.2, -0.15) is 0 Å². The predicted octanol–water partition coefficient (Wildman–Crippen LogP) is 0.651. The fourth-order valence-corrected chi connectivity index (χ4v) is 0. The summed E-state index contributed by atoms with van der Waals surface area (Å²) in [7, 11) is -6.61. The Morgan fingerprint density at radius 3 is 0.833 bits per heavy atom. The molecule has 6 heavy (non-hydrogen) atoms. The molecule has 0 unspecified atom stereocenters. The molecule has 0 amide bonds. The topological polar surface area (TPSA) is 0 Å². The molecule has 34 valence electrons. The van der Waals surface area contributed by atoms with Crippen molar-refractivity contribution in [3.05, 3.63) is 0 Å². The van der Waals surface area contributed by atoms with E-state index in [9.17, 15) is 16.4 Å². The Hall–Kier alpha value is 0.937. The van der Waals surface area contributed by atoms with Crippen LogP contribution in [-0.4, -0.2) is 39.0 Å². The molecule has 0 saturated carbocycles. The van der Waals surface area contributed by atoms with Gasteiger partial charge in [-0.15, -0.1) is 0 Å². The molecule has 0 atom stereocenters. The molecule has 0 aliphatic rings. The van der Waals surface area contributed by atoms with Gasteiger partial charge in [0.15, 0.2) is 0 Å². The van der Waals surface area contributed by atoms with Gasteiger partial charge in [0.1, 0.15) is 0 Å². The van der Waals surface area contributed by atoms with Crippen molar-refractivity contribution < 1.29 is 16.4 Å². The quantitative estimate of drug-likeness (QED) is 0.255. The number of rotatable bonds is 0. The Morgan fingerprint density at radius 1 is 0.833 bits per heavy atom. The normalized spacial score (nSPS) is 10.0. The van der Waals surface area contributed by atoms with E-state index in [0.29, 0.717) is 0 Å². The van der Waals surface area contributed by atoms with Gasteiger partial charge in [-0.05, 0) is 0 Å². The molecule has 0 aromatic heterocycles. The standard InChI is InChI=1S/F4Si.Na.H/c1-5(2,3)4;;. The van der Waals surface area contributed by atoms with Crippen LogP contribution in [0.3, 0.4) is 0 Å². The third-order valence-electron chi connectivity index (χ3n) is 0. The summed E-state index contributed by atoms with van der Waals surface area (Å²) in [5.41, 5.74) is 0. The van der Waals surface area contributed by atoms with E-state index in [1.54, 1.807) is 0 Å². The zero-order valence-corrected chi connectivity index (χ0v) is 3.01. The van der Waals surface area contributed by atoms with Gasteiger partial charge in [0.25, 0.3) is 0 Å². The van der Waals surface area contributed by atoms with Crippen LogP contribution in [0.1, 0.15) is 0 Å². The van der Waals surface area contributed by atoms with Crippen LogP contribution in [0.25, 0.3) is 0 Å². The van der Waals surface area contributed by atoms with Crippen LogP contribution in [0.2, 0.25) is 0 Å². The first-order valence-corrected chi connectivity index (χ1v) is 2.27. The van der Waals surface area contributed by atoms with Crippen LogP contribution >= 0.6 is 0 Å². The maximum absolute atomic E-state index is 9.83. The monoisotopic (exact) mass is 128 g/mol. The predicted molar refractivity (Wildman–Crippen MR) is 17.3 cm³/mol. The summed E-state index contributed by atoms with van der Waals surface area (Å²) in [5.74, 6) is 0. The SMILES string of the molecule is F[Si](F)(F)F.[NaH]. The molecular weight excluding hydrogens is 127 g/mol. The zero-order valence-electron chi connectivity index (χ0n) is 2.01. The van der Waals surface area contributed by atoms with Crippen molar-refractivity contribution in [1.29, 1.82) is 0 Å². The van der Waals surface area contributed by atoms with E-state index in [2.05, 4.69) is 0 Å². The van der Waals surface area contributed by atoms with Crippen LogP contribution in [-0.2, 0) is 0 Å². The molecule has 0 N–H and O–H groups in total. The van der Waals surface area contributed by atoms with Crippen molar-refractivity contribution >= 4 is 39.0 Å². The summed E-state index contributed by atoms with van der Waals surface area (Å²) >= 11 is 0. The fourth-order valence-electron chi connectivity index (χ4n) is 0. The van der Waals surface area contributed by atoms with E-state index in [0.717, 1.165) is 0 Å². The third kappa shape index (κ3) is 87.2. The second-order valence-corrected chi connectivity index (χ2v) is 1.29. The molecule has 0 radical (unpaired) electrons. The van der Waals surface area contributed by atoms with Gasteiger partial charge in [0.2, 0.25) is 0 Å². The van der Waals surface area contributed by atoms with E-state index in [1.807, 2.05) is 0 Å². The van der Waals surface area contributed by atoms with Gasteiger partial charge in [0.05, 0.1) is 0 Å². The van der Waals surface area contributed by atoms with Gasteiger partial charge in [-0.3, -0.25) is 0 Å². The van der Waals surface area contributed by atoms with E-state index in [1.165, 1.54) is 0 Å². The van der Waals surface area contributed by atoms with Crippen molar-refractivity contribution in [3.8, 4) is 0 Å². The Bertz CT molecular complexity index is 23.0. The van der Waals surface area contributed by atoms with Gasteiger partial charge < -0.3 is 0 Å². The van der Waals surface area contributed by atoms with E-state index in [-0.39, 0.29) is 29.6 Å². The van der Waals surface area contributed by atoms with E-state index < -0.39 is 9.41 Å². The summed E-state index contributed by atoms with van der Waals surface area (Å²) in [6.45, 7) is 0. The van der Waals surface area contributed by atoms with E-state index >= 15 is 0 Å². The summed E-state index contributed by atoms with van der Waals surface area (Å²) in [6, 6.07) is 0. The van der Waals surface area contributed by atoms with Gasteiger partial charge in [-0.1, -0.05) is 0 Å². The minimum atomic E-state index is -6.61. The summed E-state index contributed by atoms with van der Waals surface area (Å²) in [4.78, 5) is 0. The van der Waals surface area contributed by atoms with E-state index in [4.69, 9.17) is 0 Å². The summed E-state index contributed by atoms with van der Waals surface area (Å²) in [5, 5.41) is 0. The summed E-state index contributed by atoms with van der Waals surface area (Å²) in [6.07, 6.45) is 0. The Labute approximate surface area is 55.5 Å². The maximum atomic E-state index is 9.83. The van der Waals surface area contributed by atoms with Gasteiger partial charge in [0, 0.05) is 0 Å². The fraction of sp³-hybridized carbons (Fsp3) is 0. The number of hydrogen-bond donors (Lipinski definition) is 0. The van der Waals surface area contributed by atoms with Crippen LogP contribution in [0.4, 0.5) is 16.4 Å². The average molecular weight is 128 g/mol. The first-order valence-electron chi connectivity index (χ1n) is 0.756. The summed E-state index contributed by atoms with van der Waals surface area (Å²) < 4.78 is 39.3. The van der Waals surface area contributed by atoms with Crippen LogP contribution in [0.15, 0.2) is 0 Å². The Morgan fingerprint density at radius 2 is 0.833 bits per heavy atom. The molecule has 0 aromatic carbocycles. The molecule has 0 saturated heterocycles. The molecule has 0 fully saturated rings. The van der Waals surface area contributed by atoms with Crippen molar-refractivity contribution in [2.45, 2.75) is 0 Å². The Kier molecular flexibility index (Phi) is 5.03. The molecular formula is HF4NaSi. The minimum absolute atomic E-state index is 0. The average Bonchev–Trinajstić information content (AvgIpc) is 0.722. The van der Waals surface area contributed by atoms with Crippen LogP contribution in [0.5, 0.6) is 0 Å². The molecule has 0 spiro atoms. The van der Waals surface area contributed by atoms with Crippen LogP contribution < -0.4 is 0 Å². The third-order valence-corrected chi connectivity index (χ3v) is 0. The van der Waals surface area contributed by atoms with Gasteiger partial charge in [-0.25, -0.2) is 16.4 Å². The molecule has 0 nitrogen and oxygen atoms in total. The first kappa shape index (κ1) is 10.0. The molecule has 6 heteroatoms. The molecule has 0 aromatic rings. The molecule has 0 rings (SSSR count). The molecule has 0 heterocycles. The molecule has 0 bridgehead atoms. The second-order valence-electron chi connectivity index (χ2n) is 0.429. The molecule has 0 aliphatic heterocycles. The van der Waals surface area contributed by atoms with Gasteiger partial charge >= 0.3 is 39.0 Å².